The van der Waals surface area contributed by atoms with Crippen molar-refractivity contribution in [2.75, 3.05) is 14.2 Å². The quantitative estimate of drug-likeness (QED) is 0.175. The van der Waals surface area contributed by atoms with Crippen molar-refractivity contribution in [3.8, 4) is 0 Å². The van der Waals surface area contributed by atoms with Gasteiger partial charge < -0.3 is 0 Å². The van der Waals surface area contributed by atoms with Crippen LogP contribution in [0.4, 0.5) is 0 Å². The molecule has 0 saturated heterocycles. The Morgan fingerprint density at radius 2 is 0.907 bits per heavy atom. The SMILES string of the molecule is COC(=O)c1ccc(C(=O)OC)c(S(=O)(=O)OP(c2ccccc2)(c2ccccc2)(c2ccccc2)c2ccccc2)c1. The number of hydrogen-bond acceptors (Lipinski definition) is 7. The van der Waals surface area contributed by atoms with Crippen LogP contribution in [0.15, 0.2) is 144 Å². The molecule has 0 saturated carbocycles. The van der Waals surface area contributed by atoms with Crippen molar-refractivity contribution in [3.05, 3.63) is 151 Å². The Labute approximate surface area is 250 Å². The summed E-state index contributed by atoms with van der Waals surface area (Å²) in [6, 6.07) is 40.5. The third kappa shape index (κ3) is 4.93. The first-order valence-electron chi connectivity index (χ1n) is 13.3. The topological polar surface area (TPSA) is 96.0 Å². The molecule has 0 unspecified atom stereocenters. The molecule has 0 spiro atoms. The first-order chi connectivity index (χ1) is 20.8. The summed E-state index contributed by atoms with van der Waals surface area (Å²) in [7, 11) is -2.54. The molecule has 0 atom stereocenters. The van der Waals surface area contributed by atoms with Gasteiger partial charge in [0.2, 0.25) is 0 Å². The Hall–Kier alpha value is -4.62. The zero-order valence-corrected chi connectivity index (χ0v) is 25.2. The van der Waals surface area contributed by atoms with Crippen molar-refractivity contribution in [1.82, 2.24) is 0 Å². The number of hydrogen-bond donors (Lipinski definition) is 0. The van der Waals surface area contributed by atoms with Gasteiger partial charge >= 0.3 is 251 Å². The number of esters is 2. The van der Waals surface area contributed by atoms with E-state index >= 15 is 0 Å². The average molecular weight is 613 g/mol. The fourth-order valence-corrected chi connectivity index (χ4v) is 14.1. The van der Waals surface area contributed by atoms with Gasteiger partial charge in [0.15, 0.2) is 0 Å². The Balaban J connectivity index is 1.99. The molecule has 0 heterocycles. The Morgan fingerprint density at radius 3 is 1.26 bits per heavy atom. The second kappa shape index (κ2) is 11.9. The van der Waals surface area contributed by atoms with E-state index in [0.717, 1.165) is 13.2 Å². The summed E-state index contributed by atoms with van der Waals surface area (Å²) in [6.07, 6.45) is 0. The predicted octanol–water partition coefficient (Wildman–Crippen LogP) is 4.74. The van der Waals surface area contributed by atoms with Crippen LogP contribution >= 0.6 is 6.83 Å². The van der Waals surface area contributed by atoms with Gasteiger partial charge in [-0.15, -0.1) is 0 Å². The molecule has 5 aromatic carbocycles. The molecule has 43 heavy (non-hydrogen) atoms. The molecule has 0 bridgehead atoms. The fraction of sp³-hybridized carbons (Fsp3) is 0.0588. The summed E-state index contributed by atoms with van der Waals surface area (Å²) in [6.45, 7) is -4.69. The van der Waals surface area contributed by atoms with E-state index in [0.29, 0.717) is 21.2 Å². The molecule has 0 aromatic heterocycles. The third-order valence-electron chi connectivity index (χ3n) is 7.32. The van der Waals surface area contributed by atoms with Gasteiger partial charge in [-0.3, -0.25) is 0 Å². The van der Waals surface area contributed by atoms with E-state index in [-0.39, 0.29) is 11.1 Å². The van der Waals surface area contributed by atoms with Crippen molar-refractivity contribution < 1.29 is 31.5 Å². The van der Waals surface area contributed by atoms with E-state index < -0.39 is 33.8 Å². The first-order valence-corrected chi connectivity index (χ1v) is 16.9. The molecular weight excluding hydrogens is 583 g/mol. The minimum atomic E-state index is -4.87. The van der Waals surface area contributed by atoms with E-state index in [1.807, 2.05) is 121 Å². The van der Waals surface area contributed by atoms with Crippen LogP contribution in [-0.4, -0.2) is 34.6 Å². The standard InChI is InChI=1S/C34H29O7PS/c1-39-33(35)26-23-24-31(34(36)40-2)32(25-26)43(37,38)41-42(27-15-7-3-8-16-27,28-17-9-4-10-18-28,29-19-11-5-12-20-29)30-21-13-6-14-22-30/h3-25H,1-2H3. The molecular formula is C34H29O7PS. The molecule has 0 amide bonds. The van der Waals surface area contributed by atoms with Crippen LogP contribution in [0.3, 0.4) is 0 Å². The van der Waals surface area contributed by atoms with Crippen molar-refractivity contribution in [2.24, 2.45) is 0 Å². The summed E-state index contributed by atoms with van der Waals surface area (Å²) in [5, 5.41) is 2.46. The van der Waals surface area contributed by atoms with Gasteiger partial charge in [-0.2, -0.15) is 0 Å². The van der Waals surface area contributed by atoms with Crippen LogP contribution in [0.2, 0.25) is 0 Å². The maximum absolute atomic E-state index is 14.9. The normalized spacial score (nSPS) is 12.5. The van der Waals surface area contributed by atoms with Crippen LogP contribution in [-0.2, 0) is 23.6 Å². The molecule has 0 aliphatic heterocycles. The summed E-state index contributed by atoms with van der Waals surface area (Å²) < 4.78 is 46.5. The predicted molar refractivity (Wildman–Crippen MR) is 169 cm³/mol. The second-order valence-electron chi connectivity index (χ2n) is 9.60. The van der Waals surface area contributed by atoms with Crippen molar-refractivity contribution in [3.63, 3.8) is 0 Å². The monoisotopic (exact) mass is 612 g/mol. The van der Waals surface area contributed by atoms with Crippen molar-refractivity contribution >= 4 is 50.1 Å². The molecule has 218 valence electrons. The van der Waals surface area contributed by atoms with Crippen LogP contribution in [0.1, 0.15) is 20.7 Å². The maximum atomic E-state index is 14.9. The molecule has 0 N–H and O–H groups in total. The molecule has 0 fully saturated rings. The van der Waals surface area contributed by atoms with E-state index in [1.54, 1.807) is 0 Å². The van der Waals surface area contributed by atoms with Gasteiger partial charge in [-0.1, -0.05) is 0 Å². The molecule has 5 aromatic rings. The fourth-order valence-electron chi connectivity index (χ4n) is 5.41. The van der Waals surface area contributed by atoms with Crippen LogP contribution < -0.4 is 21.2 Å². The zero-order chi connectivity index (χ0) is 30.5. The first kappa shape index (κ1) is 29.9. The third-order valence-corrected chi connectivity index (χ3v) is 15.3. The summed E-state index contributed by atoms with van der Waals surface area (Å²) >= 11 is 0. The van der Waals surface area contributed by atoms with Crippen LogP contribution in [0.25, 0.3) is 0 Å². The number of carbonyl (C=O) groups is 2. The van der Waals surface area contributed by atoms with Gasteiger partial charge in [0, 0.05) is 0 Å². The Bertz CT molecular complexity index is 1690. The molecule has 5 rings (SSSR count). The molecule has 7 nitrogen and oxygen atoms in total. The molecule has 0 radical (unpaired) electrons. The van der Waals surface area contributed by atoms with Crippen molar-refractivity contribution in [1.29, 1.82) is 0 Å². The van der Waals surface area contributed by atoms with Crippen LogP contribution in [0.5, 0.6) is 0 Å². The van der Waals surface area contributed by atoms with Gasteiger partial charge in [0.25, 0.3) is 0 Å². The minimum absolute atomic E-state index is 0.0727. The molecule has 0 aliphatic carbocycles. The van der Waals surface area contributed by atoms with Gasteiger partial charge in [-0.05, 0) is 0 Å². The number of ether oxygens (including phenoxy) is 2. The number of benzene rings is 5. The number of carbonyl (C=O) groups excluding carboxylic acids is 2. The zero-order valence-electron chi connectivity index (χ0n) is 23.5. The van der Waals surface area contributed by atoms with Gasteiger partial charge in [0.1, 0.15) is 0 Å². The van der Waals surface area contributed by atoms with Crippen LogP contribution in [0, 0.1) is 0 Å². The summed E-state index contributed by atoms with van der Waals surface area (Å²) in [4.78, 5) is 24.9. The van der Waals surface area contributed by atoms with Gasteiger partial charge in [-0.25, -0.2) is 0 Å². The molecule has 0 aliphatic rings. The second-order valence-corrected chi connectivity index (χ2v) is 15.7. The Morgan fingerprint density at radius 1 is 0.535 bits per heavy atom. The number of methoxy groups -OCH3 is 2. The molecule has 9 heteroatoms. The Kier molecular flexibility index (Phi) is 8.29. The van der Waals surface area contributed by atoms with E-state index in [4.69, 9.17) is 13.4 Å². The van der Waals surface area contributed by atoms with Gasteiger partial charge in [0.05, 0.1) is 0 Å². The summed E-state index contributed by atoms with van der Waals surface area (Å²) in [5.74, 6) is -1.68. The average Bonchev–Trinajstić information content (AvgIpc) is 3.08. The summed E-state index contributed by atoms with van der Waals surface area (Å²) in [5.41, 5.74) is -0.356. The van der Waals surface area contributed by atoms with E-state index in [9.17, 15) is 18.0 Å². The number of rotatable bonds is 9. The van der Waals surface area contributed by atoms with E-state index in [1.165, 1.54) is 19.2 Å². The van der Waals surface area contributed by atoms with Crippen molar-refractivity contribution in [2.45, 2.75) is 4.90 Å². The van der Waals surface area contributed by atoms with E-state index in [2.05, 4.69) is 0 Å².